The molecule has 1 aliphatic carbocycles. The third-order valence-corrected chi connectivity index (χ3v) is 5.42. The second-order valence-electron chi connectivity index (χ2n) is 6.12. The van der Waals surface area contributed by atoms with E-state index in [4.69, 9.17) is 12.2 Å². The Morgan fingerprint density at radius 3 is 2.55 bits per heavy atom. The predicted octanol–water partition coefficient (Wildman–Crippen LogP) is 7.39. The number of allylic oxidation sites excluding steroid dienone is 6. The van der Waals surface area contributed by atoms with Gasteiger partial charge in [-0.15, -0.1) is 0 Å². The van der Waals surface area contributed by atoms with Crippen LogP contribution in [0.25, 0.3) is 0 Å². The van der Waals surface area contributed by atoms with Crippen LogP contribution in [0.15, 0.2) is 46.4 Å². The first-order chi connectivity index (χ1) is 10.5. The number of thioether (sulfide) groups is 1. The monoisotopic (exact) mass is 334 g/mol. The summed E-state index contributed by atoms with van der Waals surface area (Å²) < 4.78 is 0.940. The molecule has 0 heterocycles. The molecule has 0 spiro atoms. The van der Waals surface area contributed by atoms with Crippen LogP contribution in [0.4, 0.5) is 0 Å². The summed E-state index contributed by atoms with van der Waals surface area (Å²) in [5.74, 6) is 0.536. The summed E-state index contributed by atoms with van der Waals surface area (Å²) >= 11 is 6.82. The van der Waals surface area contributed by atoms with E-state index in [1.54, 1.807) is 22.9 Å². The maximum Gasteiger partial charge on any atom is 0.0496 e. The molecule has 1 rings (SSSR count). The molecule has 0 aliphatic heterocycles. The summed E-state index contributed by atoms with van der Waals surface area (Å²) in [5.41, 5.74) is 4.46. The van der Waals surface area contributed by atoms with Crippen LogP contribution in [0, 0.1) is 5.92 Å². The van der Waals surface area contributed by atoms with Crippen molar-refractivity contribution in [3.8, 4) is 0 Å². The van der Waals surface area contributed by atoms with Crippen LogP contribution >= 0.6 is 24.0 Å². The summed E-state index contributed by atoms with van der Waals surface area (Å²) in [6, 6.07) is 0. The smallest absolute Gasteiger partial charge is 0.0496 e. The molecule has 1 aliphatic rings. The Morgan fingerprint density at radius 1 is 1.27 bits per heavy atom. The SMILES string of the molecule is C=C(C)/C(=C\C=C\C(C)C1=C(CC)CCCCC1)SC(C)=S. The molecule has 0 amide bonds. The van der Waals surface area contributed by atoms with Gasteiger partial charge in [-0.25, -0.2) is 0 Å². The molecule has 1 atom stereocenters. The zero-order valence-electron chi connectivity index (χ0n) is 14.6. The Hall–Kier alpha value is -0.600. The molecule has 0 aromatic rings. The van der Waals surface area contributed by atoms with E-state index in [9.17, 15) is 0 Å². The Labute approximate surface area is 146 Å². The van der Waals surface area contributed by atoms with Gasteiger partial charge in [0.25, 0.3) is 0 Å². The van der Waals surface area contributed by atoms with Gasteiger partial charge in [-0.2, -0.15) is 0 Å². The Kier molecular flexibility index (Phi) is 9.04. The van der Waals surface area contributed by atoms with Gasteiger partial charge >= 0.3 is 0 Å². The summed E-state index contributed by atoms with van der Waals surface area (Å²) in [5, 5.41) is 0. The van der Waals surface area contributed by atoms with Crippen LogP contribution < -0.4 is 0 Å². The molecule has 122 valence electrons. The summed E-state index contributed by atoms with van der Waals surface area (Å²) in [7, 11) is 0. The van der Waals surface area contributed by atoms with Gasteiger partial charge in [0.05, 0.1) is 0 Å². The molecule has 0 fully saturated rings. The highest BCUT2D eigenvalue weighted by atomic mass is 32.2. The molecule has 0 N–H and O–H groups in total. The maximum absolute atomic E-state index is 5.19. The maximum atomic E-state index is 5.19. The van der Waals surface area contributed by atoms with E-state index in [0.29, 0.717) is 5.92 Å². The number of hydrogen-bond donors (Lipinski definition) is 0. The third-order valence-electron chi connectivity index (χ3n) is 4.18. The van der Waals surface area contributed by atoms with Crippen LogP contribution in [-0.4, -0.2) is 4.20 Å². The fourth-order valence-electron chi connectivity index (χ4n) is 2.97. The second kappa shape index (κ2) is 10.2. The summed E-state index contributed by atoms with van der Waals surface area (Å²) in [4.78, 5) is 1.17. The van der Waals surface area contributed by atoms with Gasteiger partial charge in [0.1, 0.15) is 0 Å². The molecular weight excluding hydrogens is 304 g/mol. The van der Waals surface area contributed by atoms with Crippen molar-refractivity contribution in [3.63, 3.8) is 0 Å². The van der Waals surface area contributed by atoms with Crippen LogP contribution in [-0.2, 0) is 0 Å². The van der Waals surface area contributed by atoms with Gasteiger partial charge in [0.2, 0.25) is 0 Å². The Bertz CT molecular complexity index is 492. The highest BCUT2D eigenvalue weighted by Gasteiger charge is 2.13. The first-order valence-corrected chi connectivity index (χ1v) is 9.61. The lowest BCUT2D eigenvalue weighted by atomic mass is 9.90. The largest absolute Gasteiger partial charge is 0.0950 e. The quantitative estimate of drug-likeness (QED) is 0.282. The van der Waals surface area contributed by atoms with Crippen molar-refractivity contribution in [2.75, 3.05) is 0 Å². The van der Waals surface area contributed by atoms with Crippen molar-refractivity contribution < 1.29 is 0 Å². The van der Waals surface area contributed by atoms with Gasteiger partial charge in [-0.3, -0.25) is 0 Å². The molecule has 0 bridgehead atoms. The van der Waals surface area contributed by atoms with Crippen molar-refractivity contribution in [1.29, 1.82) is 0 Å². The van der Waals surface area contributed by atoms with Crippen molar-refractivity contribution in [1.82, 2.24) is 0 Å². The molecular formula is C20H30S2. The average Bonchev–Trinajstić information content (AvgIpc) is 2.70. The second-order valence-corrected chi connectivity index (χ2v) is 8.25. The van der Waals surface area contributed by atoms with Crippen LogP contribution in [0.5, 0.6) is 0 Å². The van der Waals surface area contributed by atoms with E-state index in [0.717, 1.165) is 9.77 Å². The van der Waals surface area contributed by atoms with Crippen molar-refractivity contribution >= 4 is 28.2 Å². The lowest BCUT2D eigenvalue weighted by Gasteiger charge is -2.16. The average molecular weight is 335 g/mol. The zero-order valence-corrected chi connectivity index (χ0v) is 16.2. The van der Waals surface area contributed by atoms with Crippen molar-refractivity contribution in [3.05, 3.63) is 46.4 Å². The van der Waals surface area contributed by atoms with Crippen molar-refractivity contribution in [2.24, 2.45) is 5.92 Å². The molecule has 22 heavy (non-hydrogen) atoms. The zero-order chi connectivity index (χ0) is 16.5. The third kappa shape index (κ3) is 6.66. The number of rotatable bonds is 6. The fraction of sp³-hybridized carbons (Fsp3) is 0.550. The molecule has 0 saturated heterocycles. The van der Waals surface area contributed by atoms with Crippen LogP contribution in [0.2, 0.25) is 0 Å². The minimum absolute atomic E-state index is 0.536. The molecule has 0 saturated carbocycles. The first-order valence-electron chi connectivity index (χ1n) is 8.39. The van der Waals surface area contributed by atoms with Gasteiger partial charge in [0.15, 0.2) is 0 Å². The molecule has 0 aromatic heterocycles. The summed E-state index contributed by atoms with van der Waals surface area (Å²) in [6.07, 6.45) is 14.6. The number of thiocarbonyl (C=S) groups is 1. The van der Waals surface area contributed by atoms with E-state index in [2.05, 4.69) is 38.7 Å². The topological polar surface area (TPSA) is 0 Å². The highest BCUT2D eigenvalue weighted by Crippen LogP contribution is 2.31. The van der Waals surface area contributed by atoms with Crippen molar-refractivity contribution in [2.45, 2.75) is 66.2 Å². The van der Waals surface area contributed by atoms with Gasteiger partial charge in [-0.05, 0) is 63.5 Å². The van der Waals surface area contributed by atoms with E-state index < -0.39 is 0 Å². The number of hydrogen-bond acceptors (Lipinski definition) is 2. The minimum atomic E-state index is 0.536. The lowest BCUT2D eigenvalue weighted by Crippen LogP contribution is -1.99. The van der Waals surface area contributed by atoms with E-state index in [1.807, 2.05) is 13.8 Å². The highest BCUT2D eigenvalue weighted by molar-refractivity contribution is 8.25. The normalized spacial score (nSPS) is 18.5. The molecule has 2 heteroatoms. The summed E-state index contributed by atoms with van der Waals surface area (Å²) in [6.45, 7) is 12.7. The Balaban J connectivity index is 2.84. The standard InChI is InChI=1S/C20H30S2/c1-6-18-12-8-7-9-13-19(18)16(4)11-10-14-20(15(2)3)22-17(5)21/h10-11,14,16H,2,6-9,12-13H2,1,3-5H3/b11-10+,20-14+. The molecule has 1 unspecified atom stereocenters. The van der Waals surface area contributed by atoms with E-state index >= 15 is 0 Å². The van der Waals surface area contributed by atoms with Gasteiger partial charge in [0, 0.05) is 9.10 Å². The molecule has 0 nitrogen and oxygen atoms in total. The van der Waals surface area contributed by atoms with Crippen LogP contribution in [0.1, 0.15) is 66.2 Å². The predicted molar refractivity (Wildman–Crippen MR) is 107 cm³/mol. The van der Waals surface area contributed by atoms with E-state index in [-0.39, 0.29) is 0 Å². The first kappa shape index (κ1) is 19.4. The fourth-order valence-corrected chi connectivity index (χ4v) is 3.87. The molecule has 0 radical (unpaired) electrons. The lowest BCUT2D eigenvalue weighted by molar-refractivity contribution is 0.687. The minimum Gasteiger partial charge on any atom is -0.0950 e. The van der Waals surface area contributed by atoms with E-state index in [1.165, 1.54) is 43.4 Å². The van der Waals surface area contributed by atoms with Gasteiger partial charge in [-0.1, -0.05) is 74.1 Å². The molecule has 0 aromatic carbocycles. The Morgan fingerprint density at radius 2 is 1.95 bits per heavy atom. The van der Waals surface area contributed by atoms with Crippen LogP contribution in [0.3, 0.4) is 0 Å². The van der Waals surface area contributed by atoms with Gasteiger partial charge < -0.3 is 0 Å².